The zero-order valence-corrected chi connectivity index (χ0v) is 11.5. The van der Waals surface area contributed by atoms with E-state index < -0.39 is 10.8 Å². The molecule has 0 saturated carbocycles. The van der Waals surface area contributed by atoms with Gasteiger partial charge in [-0.15, -0.1) is 0 Å². The minimum atomic E-state index is -1.09. The first-order chi connectivity index (χ1) is 7.65. The van der Waals surface area contributed by atoms with Gasteiger partial charge in [0, 0.05) is 17.3 Å². The van der Waals surface area contributed by atoms with Crippen LogP contribution in [0, 0.1) is 0 Å². The molecule has 1 N–H and O–H groups in total. The lowest BCUT2D eigenvalue weighted by Crippen LogP contribution is -2.21. The first kappa shape index (κ1) is 14.0. The molecule has 1 rings (SSSR count). The SMILES string of the molecule is CCCNCCS(=O)c1cc(Cl)ccc1Cl. The summed E-state index contributed by atoms with van der Waals surface area (Å²) in [6.45, 7) is 3.77. The highest BCUT2D eigenvalue weighted by Gasteiger charge is 2.08. The Labute approximate surface area is 109 Å². The zero-order chi connectivity index (χ0) is 12.0. The van der Waals surface area contributed by atoms with Crippen LogP contribution in [-0.2, 0) is 10.8 Å². The Hall–Kier alpha value is -0.0900. The van der Waals surface area contributed by atoms with E-state index in [1.807, 2.05) is 0 Å². The number of hydrogen-bond donors (Lipinski definition) is 1. The zero-order valence-electron chi connectivity index (χ0n) is 9.13. The van der Waals surface area contributed by atoms with Crippen molar-refractivity contribution in [2.24, 2.45) is 0 Å². The topological polar surface area (TPSA) is 29.1 Å². The molecule has 2 nitrogen and oxygen atoms in total. The predicted molar refractivity (Wildman–Crippen MR) is 70.9 cm³/mol. The number of hydrogen-bond acceptors (Lipinski definition) is 2. The smallest absolute Gasteiger partial charge is 0.0589 e. The summed E-state index contributed by atoms with van der Waals surface area (Å²) < 4.78 is 11.9. The standard InChI is InChI=1S/C11H15Cl2NOS/c1-2-5-14-6-7-16(15)11-8-9(12)3-4-10(11)13/h3-4,8,14H,2,5-7H2,1H3. The van der Waals surface area contributed by atoms with Crippen molar-refractivity contribution in [2.45, 2.75) is 18.2 Å². The normalized spacial score (nSPS) is 12.7. The molecule has 0 fully saturated rings. The number of benzene rings is 1. The molecule has 16 heavy (non-hydrogen) atoms. The van der Waals surface area contributed by atoms with E-state index in [-0.39, 0.29) is 0 Å². The fraction of sp³-hybridized carbons (Fsp3) is 0.455. The first-order valence-electron chi connectivity index (χ1n) is 5.19. The summed E-state index contributed by atoms with van der Waals surface area (Å²) in [6.07, 6.45) is 1.07. The second-order valence-electron chi connectivity index (χ2n) is 3.37. The molecule has 0 saturated heterocycles. The lowest BCUT2D eigenvalue weighted by atomic mass is 10.4. The van der Waals surface area contributed by atoms with Gasteiger partial charge in [-0.1, -0.05) is 30.1 Å². The van der Waals surface area contributed by atoms with Gasteiger partial charge in [0.05, 0.1) is 20.7 Å². The van der Waals surface area contributed by atoms with Gasteiger partial charge in [0.15, 0.2) is 0 Å². The third-order valence-corrected chi connectivity index (χ3v) is 4.11. The molecule has 1 aromatic carbocycles. The monoisotopic (exact) mass is 279 g/mol. The third-order valence-electron chi connectivity index (χ3n) is 2.03. The van der Waals surface area contributed by atoms with Crippen LogP contribution in [0.2, 0.25) is 10.0 Å². The van der Waals surface area contributed by atoms with Crippen LogP contribution in [0.5, 0.6) is 0 Å². The van der Waals surface area contributed by atoms with Crippen LogP contribution >= 0.6 is 23.2 Å². The van der Waals surface area contributed by atoms with Crippen molar-refractivity contribution in [3.63, 3.8) is 0 Å². The summed E-state index contributed by atoms with van der Waals surface area (Å²) in [5.74, 6) is 0.556. The van der Waals surface area contributed by atoms with E-state index in [0.717, 1.165) is 19.5 Å². The number of halogens is 2. The van der Waals surface area contributed by atoms with Gasteiger partial charge in [-0.25, -0.2) is 0 Å². The van der Waals surface area contributed by atoms with Crippen molar-refractivity contribution in [2.75, 3.05) is 18.8 Å². The Morgan fingerprint density at radius 1 is 1.31 bits per heavy atom. The van der Waals surface area contributed by atoms with E-state index in [4.69, 9.17) is 23.2 Å². The summed E-state index contributed by atoms with van der Waals surface area (Å²) in [5.41, 5.74) is 0. The quantitative estimate of drug-likeness (QED) is 0.811. The molecule has 0 radical (unpaired) electrons. The van der Waals surface area contributed by atoms with Gasteiger partial charge >= 0.3 is 0 Å². The van der Waals surface area contributed by atoms with Gasteiger partial charge in [0.1, 0.15) is 0 Å². The molecular weight excluding hydrogens is 265 g/mol. The van der Waals surface area contributed by atoms with Gasteiger partial charge in [-0.3, -0.25) is 4.21 Å². The molecule has 5 heteroatoms. The van der Waals surface area contributed by atoms with E-state index in [9.17, 15) is 4.21 Å². The summed E-state index contributed by atoms with van der Waals surface area (Å²) in [4.78, 5) is 0.618. The average molecular weight is 280 g/mol. The van der Waals surface area contributed by atoms with Crippen LogP contribution in [-0.4, -0.2) is 23.1 Å². The molecule has 0 amide bonds. The molecule has 0 spiro atoms. The molecule has 0 aromatic heterocycles. The Balaban J connectivity index is 2.55. The fourth-order valence-corrected chi connectivity index (χ4v) is 2.93. The van der Waals surface area contributed by atoms with Crippen molar-refractivity contribution in [3.05, 3.63) is 28.2 Å². The summed E-state index contributed by atoms with van der Waals surface area (Å²) in [7, 11) is -1.09. The van der Waals surface area contributed by atoms with Crippen molar-refractivity contribution in [3.8, 4) is 0 Å². The summed E-state index contributed by atoms with van der Waals surface area (Å²) in [6, 6.07) is 5.04. The molecule has 90 valence electrons. The summed E-state index contributed by atoms with van der Waals surface area (Å²) in [5, 5.41) is 4.28. The molecular formula is C11H15Cl2NOS. The molecule has 0 aliphatic heterocycles. The van der Waals surface area contributed by atoms with E-state index >= 15 is 0 Å². The van der Waals surface area contributed by atoms with Crippen molar-refractivity contribution < 1.29 is 4.21 Å². The van der Waals surface area contributed by atoms with Crippen LogP contribution in [0.1, 0.15) is 13.3 Å². The molecule has 0 aliphatic rings. The Morgan fingerprint density at radius 2 is 2.06 bits per heavy atom. The second kappa shape index (κ2) is 7.28. The minimum absolute atomic E-state index is 0.512. The molecule has 1 aromatic rings. The fourth-order valence-electron chi connectivity index (χ4n) is 1.23. The van der Waals surface area contributed by atoms with E-state index in [2.05, 4.69) is 12.2 Å². The van der Waals surface area contributed by atoms with Gasteiger partial charge in [0.25, 0.3) is 0 Å². The molecule has 0 bridgehead atoms. The van der Waals surface area contributed by atoms with Gasteiger partial charge in [-0.05, 0) is 31.2 Å². The van der Waals surface area contributed by atoms with Gasteiger partial charge < -0.3 is 5.32 Å². The molecule has 0 aliphatic carbocycles. The maximum Gasteiger partial charge on any atom is 0.0589 e. The average Bonchev–Trinajstić information content (AvgIpc) is 2.27. The highest BCUT2D eigenvalue weighted by Crippen LogP contribution is 2.23. The Kier molecular flexibility index (Phi) is 6.36. The van der Waals surface area contributed by atoms with E-state index in [1.54, 1.807) is 18.2 Å². The second-order valence-corrected chi connectivity index (χ2v) is 5.76. The van der Waals surface area contributed by atoms with Crippen molar-refractivity contribution >= 4 is 34.0 Å². The highest BCUT2D eigenvalue weighted by molar-refractivity contribution is 7.85. The lowest BCUT2D eigenvalue weighted by Gasteiger charge is -2.06. The van der Waals surface area contributed by atoms with Gasteiger partial charge in [-0.2, -0.15) is 0 Å². The maximum absolute atomic E-state index is 11.9. The summed E-state index contributed by atoms with van der Waals surface area (Å²) >= 11 is 11.8. The Bertz CT molecular complexity index is 371. The number of rotatable bonds is 6. The first-order valence-corrected chi connectivity index (χ1v) is 7.26. The van der Waals surface area contributed by atoms with Crippen LogP contribution in [0.15, 0.2) is 23.1 Å². The number of nitrogens with one attached hydrogen (secondary N) is 1. The van der Waals surface area contributed by atoms with Gasteiger partial charge in [0.2, 0.25) is 0 Å². The van der Waals surface area contributed by atoms with Crippen molar-refractivity contribution in [1.82, 2.24) is 5.32 Å². The lowest BCUT2D eigenvalue weighted by molar-refractivity contribution is 0.669. The molecule has 1 unspecified atom stereocenters. The third kappa shape index (κ3) is 4.42. The molecule has 1 atom stereocenters. The van der Waals surface area contributed by atoms with Crippen LogP contribution < -0.4 is 5.32 Å². The van der Waals surface area contributed by atoms with Crippen molar-refractivity contribution in [1.29, 1.82) is 0 Å². The minimum Gasteiger partial charge on any atom is -0.316 e. The largest absolute Gasteiger partial charge is 0.316 e. The van der Waals surface area contributed by atoms with E-state index in [0.29, 0.717) is 20.7 Å². The van der Waals surface area contributed by atoms with Crippen LogP contribution in [0.25, 0.3) is 0 Å². The highest BCUT2D eigenvalue weighted by atomic mass is 35.5. The Morgan fingerprint density at radius 3 is 2.75 bits per heavy atom. The van der Waals surface area contributed by atoms with Crippen LogP contribution in [0.3, 0.4) is 0 Å². The predicted octanol–water partition coefficient (Wildman–Crippen LogP) is 3.10. The van der Waals surface area contributed by atoms with Crippen LogP contribution in [0.4, 0.5) is 0 Å². The maximum atomic E-state index is 11.9. The van der Waals surface area contributed by atoms with E-state index in [1.165, 1.54) is 0 Å². The molecule has 0 heterocycles.